The van der Waals surface area contributed by atoms with E-state index in [9.17, 15) is 13.2 Å². The van der Waals surface area contributed by atoms with Crippen molar-refractivity contribution in [2.75, 3.05) is 6.67 Å². The van der Waals surface area contributed by atoms with E-state index < -0.39 is 18.3 Å². The molecule has 1 rings (SSSR count). The fourth-order valence-electron chi connectivity index (χ4n) is 1.86. The third-order valence-corrected chi connectivity index (χ3v) is 3.24. The molecule has 0 saturated heterocycles. The van der Waals surface area contributed by atoms with E-state index in [2.05, 4.69) is 16.6 Å². The molecule has 0 aliphatic carbocycles. The third-order valence-electron chi connectivity index (χ3n) is 3.24. The molecule has 0 bridgehead atoms. The third kappa shape index (κ3) is 4.91. The molecule has 0 aliphatic heterocycles. The van der Waals surface area contributed by atoms with Crippen LogP contribution in [0, 0.1) is 12.7 Å². The number of alkyl halides is 1. The number of rotatable bonds is 6. The molecule has 1 aromatic carbocycles. The highest BCUT2D eigenvalue weighted by atomic mass is 19.1. The first-order chi connectivity index (χ1) is 10.8. The van der Waals surface area contributed by atoms with Gasteiger partial charge in [0.15, 0.2) is 0 Å². The van der Waals surface area contributed by atoms with Gasteiger partial charge in [-0.2, -0.15) is 0 Å². The maximum atomic E-state index is 14.3. The molecule has 0 aromatic heterocycles. The average Bonchev–Trinajstić information content (AvgIpc) is 2.54. The quantitative estimate of drug-likeness (QED) is 0.461. The Labute approximate surface area is 135 Å². The van der Waals surface area contributed by atoms with E-state index >= 15 is 0 Å². The van der Waals surface area contributed by atoms with Crippen LogP contribution in [-0.4, -0.2) is 18.1 Å². The van der Waals surface area contributed by atoms with Crippen LogP contribution in [0.15, 0.2) is 40.6 Å². The monoisotopic (exact) mass is 322 g/mol. The average molecular weight is 322 g/mol. The van der Waals surface area contributed by atoms with Crippen LogP contribution in [0.4, 0.5) is 18.9 Å². The second-order valence-electron chi connectivity index (χ2n) is 5.21. The SMILES string of the molecule is C=C/C(F)=C(\N=C(C)CC)c1cc(C)c(N=C(C)CF)c(F)c1. The van der Waals surface area contributed by atoms with Crippen molar-refractivity contribution in [1.29, 1.82) is 0 Å². The number of benzene rings is 1. The summed E-state index contributed by atoms with van der Waals surface area (Å²) in [6, 6.07) is 2.74. The van der Waals surface area contributed by atoms with Crippen LogP contribution < -0.4 is 0 Å². The van der Waals surface area contributed by atoms with E-state index in [0.717, 1.165) is 12.1 Å². The first kappa shape index (κ1) is 18.9. The van der Waals surface area contributed by atoms with Crippen molar-refractivity contribution in [1.82, 2.24) is 0 Å². The predicted molar refractivity (Wildman–Crippen MR) is 91.5 cm³/mol. The summed E-state index contributed by atoms with van der Waals surface area (Å²) in [6.45, 7) is 9.41. The lowest BCUT2D eigenvalue weighted by Crippen LogP contribution is -1.96. The summed E-state index contributed by atoms with van der Waals surface area (Å²) in [5.74, 6) is -1.28. The first-order valence-corrected chi connectivity index (χ1v) is 7.31. The molecule has 0 aliphatic rings. The standard InChI is InChI=1S/C18H21F3N2/c1-6-12(4)22-18(15(20)7-2)14-8-11(3)17(16(21)9-14)23-13(5)10-19/h7-9H,2,6,10H2,1,3-5H3/b18-15+,22-12?,23-13?. The Hall–Kier alpha value is -2.17. The largest absolute Gasteiger partial charge is 0.254 e. The van der Waals surface area contributed by atoms with Crippen molar-refractivity contribution in [3.05, 3.63) is 47.6 Å². The molecule has 0 spiro atoms. The van der Waals surface area contributed by atoms with E-state index in [1.54, 1.807) is 19.9 Å². The molecular formula is C18H21F3N2. The first-order valence-electron chi connectivity index (χ1n) is 7.31. The molecule has 0 fully saturated rings. The maximum absolute atomic E-state index is 14.3. The summed E-state index contributed by atoms with van der Waals surface area (Å²) in [5, 5.41) is 0. The molecule has 0 N–H and O–H groups in total. The predicted octanol–water partition coefficient (Wildman–Crippen LogP) is 5.89. The molecule has 124 valence electrons. The van der Waals surface area contributed by atoms with E-state index in [-0.39, 0.29) is 17.1 Å². The Morgan fingerprint density at radius 3 is 2.39 bits per heavy atom. The molecule has 1 aromatic rings. The summed E-state index contributed by atoms with van der Waals surface area (Å²) in [5.41, 5.74) is 1.74. The van der Waals surface area contributed by atoms with Gasteiger partial charge in [0.25, 0.3) is 0 Å². The molecular weight excluding hydrogens is 301 g/mol. The number of aryl methyl sites for hydroxylation is 1. The van der Waals surface area contributed by atoms with Crippen LogP contribution in [0.25, 0.3) is 5.70 Å². The lowest BCUT2D eigenvalue weighted by atomic mass is 10.1. The van der Waals surface area contributed by atoms with Crippen LogP contribution in [0.1, 0.15) is 38.3 Å². The van der Waals surface area contributed by atoms with Gasteiger partial charge in [-0.25, -0.2) is 13.2 Å². The summed E-state index contributed by atoms with van der Waals surface area (Å²) < 4.78 is 40.9. The van der Waals surface area contributed by atoms with Gasteiger partial charge in [-0.3, -0.25) is 9.98 Å². The van der Waals surface area contributed by atoms with Gasteiger partial charge in [-0.05, 0) is 51.0 Å². The van der Waals surface area contributed by atoms with E-state index in [0.29, 0.717) is 23.3 Å². The molecule has 2 nitrogen and oxygen atoms in total. The zero-order chi connectivity index (χ0) is 17.6. The summed E-state index contributed by atoms with van der Waals surface area (Å²) in [6.07, 6.45) is 1.68. The molecule has 23 heavy (non-hydrogen) atoms. The molecule has 0 unspecified atom stereocenters. The Morgan fingerprint density at radius 2 is 1.91 bits per heavy atom. The normalized spacial score (nSPS) is 13.9. The van der Waals surface area contributed by atoms with Crippen molar-refractivity contribution in [3.63, 3.8) is 0 Å². The van der Waals surface area contributed by atoms with Crippen LogP contribution in [0.2, 0.25) is 0 Å². The van der Waals surface area contributed by atoms with Gasteiger partial charge >= 0.3 is 0 Å². The van der Waals surface area contributed by atoms with Gasteiger partial charge in [0.05, 0.1) is 0 Å². The zero-order valence-electron chi connectivity index (χ0n) is 13.9. The van der Waals surface area contributed by atoms with Gasteiger partial charge in [-0.15, -0.1) is 0 Å². The number of hydrogen-bond acceptors (Lipinski definition) is 2. The van der Waals surface area contributed by atoms with Crippen LogP contribution in [0.3, 0.4) is 0 Å². The lowest BCUT2D eigenvalue weighted by molar-refractivity contribution is 0.579. The smallest absolute Gasteiger partial charge is 0.149 e. The van der Waals surface area contributed by atoms with Crippen molar-refractivity contribution in [3.8, 4) is 0 Å². The fraction of sp³-hybridized carbons (Fsp3) is 0.333. The van der Waals surface area contributed by atoms with E-state index in [1.165, 1.54) is 6.92 Å². The van der Waals surface area contributed by atoms with Crippen LogP contribution >= 0.6 is 0 Å². The van der Waals surface area contributed by atoms with Gasteiger partial charge < -0.3 is 0 Å². The Kier molecular flexibility index (Phi) is 6.94. The zero-order valence-corrected chi connectivity index (χ0v) is 13.9. The number of halogens is 3. The van der Waals surface area contributed by atoms with Gasteiger partial charge in [0.1, 0.15) is 29.7 Å². The number of hydrogen-bond donors (Lipinski definition) is 0. The minimum Gasteiger partial charge on any atom is -0.254 e. The van der Waals surface area contributed by atoms with E-state index in [4.69, 9.17) is 0 Å². The highest BCUT2D eigenvalue weighted by Gasteiger charge is 2.13. The van der Waals surface area contributed by atoms with E-state index in [1.807, 2.05) is 6.92 Å². The van der Waals surface area contributed by atoms with Crippen molar-refractivity contribution in [2.45, 2.75) is 34.1 Å². The van der Waals surface area contributed by atoms with Crippen molar-refractivity contribution < 1.29 is 13.2 Å². The molecule has 0 heterocycles. The molecule has 0 atom stereocenters. The van der Waals surface area contributed by atoms with Gasteiger partial charge in [0.2, 0.25) is 0 Å². The van der Waals surface area contributed by atoms with Crippen molar-refractivity contribution in [2.24, 2.45) is 9.98 Å². The number of allylic oxidation sites excluding steroid dienone is 2. The van der Waals surface area contributed by atoms with Gasteiger partial charge in [0, 0.05) is 17.0 Å². The second-order valence-corrected chi connectivity index (χ2v) is 5.21. The van der Waals surface area contributed by atoms with Crippen LogP contribution in [-0.2, 0) is 0 Å². The number of nitrogens with zero attached hydrogens (tertiary/aromatic N) is 2. The second kappa shape index (κ2) is 8.46. The molecule has 0 saturated carbocycles. The summed E-state index contributed by atoms with van der Waals surface area (Å²) in [4.78, 5) is 8.13. The Bertz CT molecular complexity index is 663. The Morgan fingerprint density at radius 1 is 1.26 bits per heavy atom. The van der Waals surface area contributed by atoms with Crippen LogP contribution in [0.5, 0.6) is 0 Å². The lowest BCUT2D eigenvalue weighted by Gasteiger charge is -2.10. The maximum Gasteiger partial charge on any atom is 0.149 e. The number of aliphatic imine (C=N–C) groups is 2. The molecule has 0 radical (unpaired) electrons. The minimum absolute atomic E-state index is 0.0269. The minimum atomic E-state index is -0.753. The van der Waals surface area contributed by atoms with Crippen molar-refractivity contribution >= 4 is 22.8 Å². The summed E-state index contributed by atoms with van der Waals surface area (Å²) >= 11 is 0. The highest BCUT2D eigenvalue weighted by Crippen LogP contribution is 2.30. The molecule has 0 amide bonds. The molecule has 5 heteroatoms. The Balaban J connectivity index is 3.52. The topological polar surface area (TPSA) is 24.7 Å². The summed E-state index contributed by atoms with van der Waals surface area (Å²) in [7, 11) is 0. The fourth-order valence-corrected chi connectivity index (χ4v) is 1.86. The van der Waals surface area contributed by atoms with Gasteiger partial charge in [-0.1, -0.05) is 13.5 Å². The highest BCUT2D eigenvalue weighted by molar-refractivity contribution is 5.89.